The number of nitrogens with zero attached hydrogens (tertiary/aromatic N) is 1. The Morgan fingerprint density at radius 3 is 2.34 bits per heavy atom. The maximum Gasteiger partial charge on any atom is 0.247 e. The molecule has 1 heterocycles. The maximum absolute atomic E-state index is 12.4. The van der Waals surface area contributed by atoms with Crippen molar-refractivity contribution in [2.75, 3.05) is 13.1 Å². The van der Waals surface area contributed by atoms with Gasteiger partial charge in [0.1, 0.15) is 0 Å². The molecule has 2 aliphatic rings. The van der Waals surface area contributed by atoms with Crippen LogP contribution in [0, 0.1) is 12.8 Å². The highest BCUT2D eigenvalue weighted by Crippen LogP contribution is 2.41. The summed E-state index contributed by atoms with van der Waals surface area (Å²) in [4.78, 5) is 15.1. The first-order valence-corrected chi connectivity index (χ1v) is 12.2. The maximum atomic E-state index is 12.4. The molecule has 2 fully saturated rings. The molecule has 168 valence electrons. The number of aryl methyl sites for hydroxylation is 1. The van der Waals surface area contributed by atoms with E-state index in [0.717, 1.165) is 31.2 Å². The number of rotatable bonds is 6. The second kappa shape index (κ2) is 11.3. The van der Waals surface area contributed by atoms with E-state index < -0.39 is 0 Å². The van der Waals surface area contributed by atoms with Crippen LogP contribution < -0.4 is 5.32 Å². The zero-order chi connectivity index (χ0) is 22.2. The van der Waals surface area contributed by atoms with Crippen LogP contribution in [-0.4, -0.2) is 23.9 Å². The lowest BCUT2D eigenvalue weighted by Crippen LogP contribution is -2.38. The molecule has 1 saturated carbocycles. The fourth-order valence-electron chi connectivity index (χ4n) is 5.22. The summed E-state index contributed by atoms with van der Waals surface area (Å²) in [7, 11) is 0. The molecule has 1 aliphatic heterocycles. The van der Waals surface area contributed by atoms with E-state index in [9.17, 15) is 4.79 Å². The summed E-state index contributed by atoms with van der Waals surface area (Å²) in [6.45, 7) is 4.60. The lowest BCUT2D eigenvalue weighted by Gasteiger charge is -2.41. The van der Waals surface area contributed by atoms with Gasteiger partial charge in [-0.05, 0) is 81.7 Å². The van der Waals surface area contributed by atoms with Crippen molar-refractivity contribution in [2.45, 2.75) is 57.9 Å². The van der Waals surface area contributed by atoms with Gasteiger partial charge in [0.25, 0.3) is 0 Å². The van der Waals surface area contributed by atoms with Crippen molar-refractivity contribution in [3.63, 3.8) is 0 Å². The van der Waals surface area contributed by atoms with Crippen molar-refractivity contribution >= 4 is 12.0 Å². The molecule has 2 aromatic carbocycles. The van der Waals surface area contributed by atoms with Gasteiger partial charge in [0.15, 0.2) is 0 Å². The molecule has 1 saturated heterocycles. The van der Waals surface area contributed by atoms with E-state index in [1.807, 2.05) is 42.5 Å². The number of amides is 1. The number of allylic oxidation sites excluding steroid dienone is 1. The molecule has 32 heavy (non-hydrogen) atoms. The molecule has 0 radical (unpaired) electrons. The molecular weight excluding hydrogens is 392 g/mol. The average Bonchev–Trinajstić information content (AvgIpc) is 2.83. The fourth-order valence-corrected chi connectivity index (χ4v) is 5.22. The van der Waals surface area contributed by atoms with Crippen LogP contribution in [-0.2, 0) is 4.79 Å². The number of benzene rings is 2. The standard InChI is InChI=1S/C29H36N2O/c1-23-10-14-26(15-11-23)29(31-20-6-3-7-21-31)27-16-12-25(13-17-27)22-28(32)30-19-18-24-8-4-2-5-9-24/h2,4-5,8-11,14-15,18-19,22,27,29H,3,6-7,12-13,16-17,20-21H2,1H3,(H,30,32). The number of carbonyl (C=O) groups is 1. The number of hydrogen-bond donors (Lipinski definition) is 1. The van der Waals surface area contributed by atoms with Crippen LogP contribution in [0.2, 0.25) is 0 Å². The first-order valence-electron chi connectivity index (χ1n) is 12.2. The highest BCUT2D eigenvalue weighted by molar-refractivity contribution is 5.89. The molecule has 2 aromatic rings. The highest BCUT2D eigenvalue weighted by atomic mass is 16.1. The molecule has 4 rings (SSSR count). The Morgan fingerprint density at radius 2 is 1.66 bits per heavy atom. The zero-order valence-corrected chi connectivity index (χ0v) is 19.3. The normalized spacial score (nSPS) is 20.8. The Balaban J connectivity index is 1.36. The molecule has 1 amide bonds. The van der Waals surface area contributed by atoms with Gasteiger partial charge in [-0.15, -0.1) is 0 Å². The summed E-state index contributed by atoms with van der Waals surface area (Å²) >= 11 is 0. The minimum atomic E-state index is -0.0169. The van der Waals surface area contributed by atoms with Crippen LogP contribution in [0.4, 0.5) is 0 Å². The Morgan fingerprint density at radius 1 is 0.969 bits per heavy atom. The van der Waals surface area contributed by atoms with Crippen LogP contribution in [0.5, 0.6) is 0 Å². The monoisotopic (exact) mass is 428 g/mol. The molecule has 1 unspecified atom stereocenters. The molecule has 0 spiro atoms. The van der Waals surface area contributed by atoms with Crippen molar-refractivity contribution in [1.29, 1.82) is 0 Å². The third-order valence-corrected chi connectivity index (χ3v) is 6.96. The van der Waals surface area contributed by atoms with Gasteiger partial charge in [-0.2, -0.15) is 0 Å². The molecule has 1 N–H and O–H groups in total. The minimum Gasteiger partial charge on any atom is -0.329 e. The zero-order valence-electron chi connectivity index (χ0n) is 19.3. The third kappa shape index (κ3) is 6.20. The molecule has 1 atom stereocenters. The predicted molar refractivity (Wildman–Crippen MR) is 133 cm³/mol. The lowest BCUT2D eigenvalue weighted by atomic mass is 9.78. The molecular formula is C29H36N2O. The molecule has 3 heteroatoms. The predicted octanol–water partition coefficient (Wildman–Crippen LogP) is 6.43. The number of carbonyl (C=O) groups excluding carboxylic acids is 1. The Bertz CT molecular complexity index is 913. The summed E-state index contributed by atoms with van der Waals surface area (Å²) in [6.07, 6.45) is 13.9. The first kappa shape index (κ1) is 22.5. The van der Waals surface area contributed by atoms with E-state index in [4.69, 9.17) is 0 Å². The number of piperidine rings is 1. The van der Waals surface area contributed by atoms with Crippen LogP contribution in [0.3, 0.4) is 0 Å². The van der Waals surface area contributed by atoms with Crippen molar-refractivity contribution in [2.24, 2.45) is 5.92 Å². The Labute approximate surface area is 193 Å². The number of likely N-dealkylation sites (tertiary alicyclic amines) is 1. The van der Waals surface area contributed by atoms with Gasteiger partial charge in [-0.1, -0.05) is 72.2 Å². The number of hydrogen-bond acceptors (Lipinski definition) is 2. The summed E-state index contributed by atoms with van der Waals surface area (Å²) < 4.78 is 0. The van der Waals surface area contributed by atoms with E-state index in [0.29, 0.717) is 12.0 Å². The van der Waals surface area contributed by atoms with Gasteiger partial charge >= 0.3 is 0 Å². The smallest absolute Gasteiger partial charge is 0.247 e. The summed E-state index contributed by atoms with van der Waals surface area (Å²) in [5.41, 5.74) is 5.17. The second-order valence-electron chi connectivity index (χ2n) is 9.34. The van der Waals surface area contributed by atoms with E-state index >= 15 is 0 Å². The van der Waals surface area contributed by atoms with Gasteiger partial charge in [-0.25, -0.2) is 0 Å². The van der Waals surface area contributed by atoms with Gasteiger partial charge in [0.2, 0.25) is 5.91 Å². The van der Waals surface area contributed by atoms with Gasteiger partial charge in [0, 0.05) is 18.3 Å². The van der Waals surface area contributed by atoms with Crippen molar-refractivity contribution < 1.29 is 4.79 Å². The van der Waals surface area contributed by atoms with Gasteiger partial charge < -0.3 is 5.32 Å². The van der Waals surface area contributed by atoms with Crippen LogP contribution in [0.15, 0.2) is 72.4 Å². The lowest BCUT2D eigenvalue weighted by molar-refractivity contribution is -0.115. The Hall–Kier alpha value is -2.65. The summed E-state index contributed by atoms with van der Waals surface area (Å²) in [5, 5.41) is 2.89. The summed E-state index contributed by atoms with van der Waals surface area (Å²) in [5.74, 6) is 0.644. The van der Waals surface area contributed by atoms with E-state index in [1.165, 1.54) is 49.1 Å². The van der Waals surface area contributed by atoms with E-state index in [-0.39, 0.29) is 5.91 Å². The molecule has 0 bridgehead atoms. The third-order valence-electron chi connectivity index (χ3n) is 6.96. The van der Waals surface area contributed by atoms with Crippen LogP contribution in [0.1, 0.15) is 67.7 Å². The summed E-state index contributed by atoms with van der Waals surface area (Å²) in [6, 6.07) is 19.7. The topological polar surface area (TPSA) is 32.3 Å². The number of nitrogens with one attached hydrogen (secondary N) is 1. The van der Waals surface area contributed by atoms with Crippen molar-refractivity contribution in [3.05, 3.63) is 89.1 Å². The quantitative estimate of drug-likeness (QED) is 0.538. The second-order valence-corrected chi connectivity index (χ2v) is 9.34. The molecule has 1 aliphatic carbocycles. The fraction of sp³-hybridized carbons (Fsp3) is 0.414. The van der Waals surface area contributed by atoms with Crippen molar-refractivity contribution in [3.8, 4) is 0 Å². The van der Waals surface area contributed by atoms with Gasteiger partial charge in [-0.3, -0.25) is 9.69 Å². The minimum absolute atomic E-state index is 0.0169. The Kier molecular flexibility index (Phi) is 7.95. The van der Waals surface area contributed by atoms with Crippen molar-refractivity contribution in [1.82, 2.24) is 10.2 Å². The van der Waals surface area contributed by atoms with E-state index in [2.05, 4.69) is 41.4 Å². The first-order chi connectivity index (χ1) is 15.7. The molecule has 3 nitrogen and oxygen atoms in total. The van der Waals surface area contributed by atoms with E-state index in [1.54, 1.807) is 6.20 Å². The average molecular weight is 429 g/mol. The highest BCUT2D eigenvalue weighted by Gasteiger charge is 2.31. The van der Waals surface area contributed by atoms with Crippen LogP contribution in [0.25, 0.3) is 6.08 Å². The molecule has 0 aromatic heterocycles. The SMILES string of the molecule is Cc1ccc(C(C2CCC(=CC(=O)NC=Cc3ccccc3)CC2)N2CCCCC2)cc1. The van der Waals surface area contributed by atoms with Gasteiger partial charge in [0.05, 0.1) is 0 Å². The van der Waals surface area contributed by atoms with Crippen LogP contribution >= 0.6 is 0 Å². The largest absolute Gasteiger partial charge is 0.329 e.